The molecule has 2 aromatic rings. The lowest BCUT2D eigenvalue weighted by Gasteiger charge is -2.17. The number of amides is 2. The first-order chi connectivity index (χ1) is 11.5. The van der Waals surface area contributed by atoms with Crippen molar-refractivity contribution in [3.05, 3.63) is 71.3 Å². The van der Waals surface area contributed by atoms with E-state index in [2.05, 4.69) is 5.32 Å². The van der Waals surface area contributed by atoms with Gasteiger partial charge in [-0.05, 0) is 17.7 Å². The van der Waals surface area contributed by atoms with Gasteiger partial charge in [0.15, 0.2) is 0 Å². The maximum atomic E-state index is 13.5. The van der Waals surface area contributed by atoms with Crippen LogP contribution in [0.3, 0.4) is 0 Å². The highest BCUT2D eigenvalue weighted by molar-refractivity contribution is 5.94. The second-order valence-corrected chi connectivity index (χ2v) is 5.37. The van der Waals surface area contributed by atoms with Crippen LogP contribution in [0.1, 0.15) is 22.3 Å². The lowest BCUT2D eigenvalue weighted by atomic mass is 10.2. The molecule has 2 aromatic carbocycles. The molecule has 0 saturated carbocycles. The van der Waals surface area contributed by atoms with Crippen molar-refractivity contribution in [2.75, 3.05) is 13.6 Å². The van der Waals surface area contributed by atoms with Gasteiger partial charge in [0.05, 0.1) is 5.56 Å². The normalized spacial score (nSPS) is 10.3. The van der Waals surface area contributed by atoms with Gasteiger partial charge in [0, 0.05) is 32.6 Å². The van der Waals surface area contributed by atoms with E-state index in [1.807, 2.05) is 30.3 Å². The second kappa shape index (κ2) is 8.19. The van der Waals surface area contributed by atoms with Crippen LogP contribution >= 0.6 is 0 Å². The fourth-order valence-electron chi connectivity index (χ4n) is 2.19. The number of hydrogen-bond acceptors (Lipinski definition) is 2. The van der Waals surface area contributed by atoms with E-state index in [0.717, 1.165) is 17.7 Å². The van der Waals surface area contributed by atoms with Crippen molar-refractivity contribution in [2.24, 2.45) is 0 Å². The molecule has 0 aliphatic heterocycles. The quantitative estimate of drug-likeness (QED) is 0.884. The van der Waals surface area contributed by atoms with Crippen molar-refractivity contribution in [1.29, 1.82) is 0 Å². The molecule has 0 atom stereocenters. The third kappa shape index (κ3) is 4.87. The molecule has 0 radical (unpaired) electrons. The van der Waals surface area contributed by atoms with Gasteiger partial charge in [-0.15, -0.1) is 0 Å². The molecule has 2 rings (SSSR count). The SMILES string of the molecule is CN(Cc1ccccc1)C(=O)CCNC(=O)c1ccc(F)cc1F. The Kier molecular flexibility index (Phi) is 6.01. The summed E-state index contributed by atoms with van der Waals surface area (Å²) in [6.07, 6.45) is 0.0951. The lowest BCUT2D eigenvalue weighted by Crippen LogP contribution is -2.32. The van der Waals surface area contributed by atoms with Crippen molar-refractivity contribution >= 4 is 11.8 Å². The van der Waals surface area contributed by atoms with Crippen LogP contribution in [0.4, 0.5) is 8.78 Å². The van der Waals surface area contributed by atoms with Gasteiger partial charge in [0.2, 0.25) is 5.91 Å². The van der Waals surface area contributed by atoms with E-state index in [1.165, 1.54) is 0 Å². The zero-order chi connectivity index (χ0) is 17.5. The van der Waals surface area contributed by atoms with E-state index in [9.17, 15) is 18.4 Å². The Morgan fingerprint density at radius 2 is 1.79 bits per heavy atom. The van der Waals surface area contributed by atoms with Crippen molar-refractivity contribution in [3.8, 4) is 0 Å². The summed E-state index contributed by atoms with van der Waals surface area (Å²) in [5.41, 5.74) is 0.757. The van der Waals surface area contributed by atoms with Gasteiger partial charge in [0.25, 0.3) is 5.91 Å². The highest BCUT2D eigenvalue weighted by Gasteiger charge is 2.14. The van der Waals surface area contributed by atoms with Gasteiger partial charge in [-0.3, -0.25) is 9.59 Å². The lowest BCUT2D eigenvalue weighted by molar-refractivity contribution is -0.130. The minimum Gasteiger partial charge on any atom is -0.351 e. The highest BCUT2D eigenvalue weighted by Crippen LogP contribution is 2.09. The molecule has 0 fully saturated rings. The average Bonchev–Trinajstić information content (AvgIpc) is 2.55. The summed E-state index contributed by atoms with van der Waals surface area (Å²) in [6, 6.07) is 12.3. The Balaban J connectivity index is 1.80. The monoisotopic (exact) mass is 332 g/mol. The van der Waals surface area contributed by atoms with E-state index >= 15 is 0 Å². The number of nitrogens with zero attached hydrogens (tertiary/aromatic N) is 1. The highest BCUT2D eigenvalue weighted by atomic mass is 19.1. The molecule has 6 heteroatoms. The third-order valence-corrected chi connectivity index (χ3v) is 3.49. The van der Waals surface area contributed by atoms with Crippen LogP contribution in [0.25, 0.3) is 0 Å². The summed E-state index contributed by atoms with van der Waals surface area (Å²) in [6.45, 7) is 0.549. The van der Waals surface area contributed by atoms with Crippen LogP contribution in [0, 0.1) is 11.6 Å². The summed E-state index contributed by atoms with van der Waals surface area (Å²) in [7, 11) is 1.68. The standard InChI is InChI=1S/C18H18F2N2O2/c1-22(12-13-5-3-2-4-6-13)17(23)9-10-21-18(24)15-8-7-14(19)11-16(15)20/h2-8,11H,9-10,12H2,1H3,(H,21,24). The summed E-state index contributed by atoms with van der Waals surface area (Å²) < 4.78 is 26.3. The largest absolute Gasteiger partial charge is 0.351 e. The fraction of sp³-hybridized carbons (Fsp3) is 0.222. The molecule has 126 valence electrons. The first-order valence-electron chi connectivity index (χ1n) is 7.48. The number of rotatable bonds is 6. The zero-order valence-corrected chi connectivity index (χ0v) is 13.3. The average molecular weight is 332 g/mol. The topological polar surface area (TPSA) is 49.4 Å². The van der Waals surface area contributed by atoms with E-state index < -0.39 is 17.5 Å². The van der Waals surface area contributed by atoms with Crippen LogP contribution in [0.5, 0.6) is 0 Å². The van der Waals surface area contributed by atoms with Crippen molar-refractivity contribution in [3.63, 3.8) is 0 Å². The summed E-state index contributed by atoms with van der Waals surface area (Å²) in [4.78, 5) is 25.4. The maximum Gasteiger partial charge on any atom is 0.254 e. The zero-order valence-electron chi connectivity index (χ0n) is 13.3. The minimum atomic E-state index is -0.931. The van der Waals surface area contributed by atoms with Crippen molar-refractivity contribution in [2.45, 2.75) is 13.0 Å². The molecular weight excluding hydrogens is 314 g/mol. The van der Waals surface area contributed by atoms with E-state index in [1.54, 1.807) is 11.9 Å². The second-order valence-electron chi connectivity index (χ2n) is 5.37. The molecular formula is C18H18F2N2O2. The third-order valence-electron chi connectivity index (χ3n) is 3.49. The molecule has 0 heterocycles. The Bertz CT molecular complexity index is 720. The molecule has 24 heavy (non-hydrogen) atoms. The molecule has 1 N–H and O–H groups in total. The van der Waals surface area contributed by atoms with Crippen LogP contribution in [0.15, 0.2) is 48.5 Å². The fourth-order valence-corrected chi connectivity index (χ4v) is 2.19. The number of halogens is 2. The first kappa shape index (κ1) is 17.6. The van der Waals surface area contributed by atoms with Crippen molar-refractivity contribution < 1.29 is 18.4 Å². The molecule has 0 saturated heterocycles. The molecule has 0 spiro atoms. The number of carbonyl (C=O) groups excluding carboxylic acids is 2. The predicted octanol–water partition coefficient (Wildman–Crippen LogP) is 2.74. The molecule has 4 nitrogen and oxygen atoms in total. The molecule has 2 amide bonds. The van der Waals surface area contributed by atoms with Gasteiger partial charge in [0.1, 0.15) is 11.6 Å². The minimum absolute atomic E-state index is 0.0770. The van der Waals surface area contributed by atoms with Crippen molar-refractivity contribution in [1.82, 2.24) is 10.2 Å². The smallest absolute Gasteiger partial charge is 0.254 e. The van der Waals surface area contributed by atoms with E-state index in [-0.39, 0.29) is 24.4 Å². The van der Waals surface area contributed by atoms with Gasteiger partial charge in [-0.1, -0.05) is 30.3 Å². The predicted molar refractivity (Wildman–Crippen MR) is 86.2 cm³/mol. The van der Waals surface area contributed by atoms with Gasteiger partial charge in [-0.2, -0.15) is 0 Å². The number of benzene rings is 2. The van der Waals surface area contributed by atoms with Crippen LogP contribution in [-0.4, -0.2) is 30.3 Å². The van der Waals surface area contributed by atoms with Crippen LogP contribution in [0.2, 0.25) is 0 Å². The van der Waals surface area contributed by atoms with Gasteiger partial charge >= 0.3 is 0 Å². The Hall–Kier alpha value is -2.76. The maximum absolute atomic E-state index is 13.5. The molecule has 0 aromatic heterocycles. The first-order valence-corrected chi connectivity index (χ1v) is 7.48. The summed E-state index contributed by atoms with van der Waals surface area (Å²) >= 11 is 0. The van der Waals surface area contributed by atoms with Gasteiger partial charge in [-0.25, -0.2) is 8.78 Å². The Morgan fingerprint density at radius 1 is 1.08 bits per heavy atom. The summed E-state index contributed by atoms with van der Waals surface area (Å²) in [5.74, 6) is -2.49. The molecule has 0 bridgehead atoms. The van der Waals surface area contributed by atoms with Crippen LogP contribution in [-0.2, 0) is 11.3 Å². The van der Waals surface area contributed by atoms with Gasteiger partial charge < -0.3 is 10.2 Å². The molecule has 0 aliphatic rings. The Morgan fingerprint density at radius 3 is 2.46 bits per heavy atom. The number of hydrogen-bond donors (Lipinski definition) is 1. The number of carbonyl (C=O) groups is 2. The summed E-state index contributed by atoms with van der Waals surface area (Å²) in [5, 5.41) is 2.46. The number of nitrogens with one attached hydrogen (secondary N) is 1. The van der Waals surface area contributed by atoms with Crippen LogP contribution < -0.4 is 5.32 Å². The Labute approximate surface area is 139 Å². The van der Waals surface area contributed by atoms with E-state index in [4.69, 9.17) is 0 Å². The molecule has 0 aliphatic carbocycles. The molecule has 0 unspecified atom stereocenters. The van der Waals surface area contributed by atoms with E-state index in [0.29, 0.717) is 12.6 Å².